The van der Waals surface area contributed by atoms with E-state index in [-0.39, 0.29) is 17.2 Å². The Morgan fingerprint density at radius 3 is 3.14 bits per heavy atom. The van der Waals surface area contributed by atoms with Gasteiger partial charge < -0.3 is 14.8 Å². The molecule has 1 saturated heterocycles. The SMILES string of the molecule is COCC(Cl)CNC(=O)C1CCOC1. The Morgan fingerprint density at radius 1 is 1.79 bits per heavy atom. The van der Waals surface area contributed by atoms with E-state index in [1.165, 1.54) is 0 Å². The summed E-state index contributed by atoms with van der Waals surface area (Å²) in [4.78, 5) is 11.5. The van der Waals surface area contributed by atoms with Gasteiger partial charge in [0.1, 0.15) is 0 Å². The molecule has 2 atom stereocenters. The summed E-state index contributed by atoms with van der Waals surface area (Å²) in [6.45, 7) is 2.11. The summed E-state index contributed by atoms with van der Waals surface area (Å²) in [6.07, 6.45) is 0.809. The van der Waals surface area contributed by atoms with Crippen molar-refractivity contribution in [1.82, 2.24) is 5.32 Å². The molecule has 1 amide bonds. The highest BCUT2D eigenvalue weighted by Crippen LogP contribution is 2.11. The maximum absolute atomic E-state index is 11.5. The maximum Gasteiger partial charge on any atom is 0.225 e. The first kappa shape index (κ1) is 11.8. The molecule has 82 valence electrons. The highest BCUT2D eigenvalue weighted by molar-refractivity contribution is 6.21. The lowest BCUT2D eigenvalue weighted by molar-refractivity contribution is -0.124. The monoisotopic (exact) mass is 221 g/mol. The number of carbonyl (C=O) groups is 1. The molecule has 0 spiro atoms. The molecule has 4 nitrogen and oxygen atoms in total. The zero-order chi connectivity index (χ0) is 10.4. The number of methoxy groups -OCH3 is 1. The number of alkyl halides is 1. The normalized spacial score (nSPS) is 23.4. The Bertz CT molecular complexity index is 183. The molecule has 1 heterocycles. The van der Waals surface area contributed by atoms with Crippen molar-refractivity contribution in [3.63, 3.8) is 0 Å². The van der Waals surface area contributed by atoms with Gasteiger partial charge >= 0.3 is 0 Å². The van der Waals surface area contributed by atoms with Crippen molar-refractivity contribution in [3.8, 4) is 0 Å². The van der Waals surface area contributed by atoms with Crippen molar-refractivity contribution in [2.24, 2.45) is 5.92 Å². The van der Waals surface area contributed by atoms with Crippen LogP contribution in [0.15, 0.2) is 0 Å². The van der Waals surface area contributed by atoms with E-state index in [1.807, 2.05) is 0 Å². The number of carbonyl (C=O) groups excluding carboxylic acids is 1. The van der Waals surface area contributed by atoms with Gasteiger partial charge in [-0.15, -0.1) is 11.6 Å². The van der Waals surface area contributed by atoms with Crippen molar-refractivity contribution < 1.29 is 14.3 Å². The summed E-state index contributed by atoms with van der Waals surface area (Å²) in [5.41, 5.74) is 0. The maximum atomic E-state index is 11.5. The van der Waals surface area contributed by atoms with E-state index in [9.17, 15) is 4.79 Å². The minimum Gasteiger partial charge on any atom is -0.383 e. The van der Waals surface area contributed by atoms with E-state index in [0.29, 0.717) is 26.4 Å². The van der Waals surface area contributed by atoms with Gasteiger partial charge in [-0.2, -0.15) is 0 Å². The van der Waals surface area contributed by atoms with Gasteiger partial charge in [0, 0.05) is 20.3 Å². The van der Waals surface area contributed by atoms with Crippen LogP contribution in [0.5, 0.6) is 0 Å². The molecule has 0 bridgehead atoms. The van der Waals surface area contributed by atoms with Crippen molar-refractivity contribution >= 4 is 17.5 Å². The lowest BCUT2D eigenvalue weighted by atomic mass is 10.1. The third kappa shape index (κ3) is 3.82. The molecule has 14 heavy (non-hydrogen) atoms. The van der Waals surface area contributed by atoms with Crippen LogP contribution in [-0.4, -0.2) is 44.8 Å². The van der Waals surface area contributed by atoms with Crippen molar-refractivity contribution in [3.05, 3.63) is 0 Å². The average molecular weight is 222 g/mol. The Morgan fingerprint density at radius 2 is 2.57 bits per heavy atom. The van der Waals surface area contributed by atoms with Crippen LogP contribution in [0, 0.1) is 5.92 Å². The van der Waals surface area contributed by atoms with Crippen LogP contribution < -0.4 is 5.32 Å². The van der Waals surface area contributed by atoms with Gasteiger partial charge in [-0.3, -0.25) is 4.79 Å². The largest absolute Gasteiger partial charge is 0.383 e. The van der Waals surface area contributed by atoms with Crippen molar-refractivity contribution in [2.75, 3.05) is 33.5 Å². The minimum absolute atomic E-state index is 0.00131. The van der Waals surface area contributed by atoms with Crippen LogP contribution in [-0.2, 0) is 14.3 Å². The fourth-order valence-corrected chi connectivity index (χ4v) is 1.54. The highest BCUT2D eigenvalue weighted by atomic mass is 35.5. The molecular weight excluding hydrogens is 206 g/mol. The van der Waals surface area contributed by atoms with Crippen molar-refractivity contribution in [1.29, 1.82) is 0 Å². The molecule has 1 aliphatic rings. The molecule has 5 heteroatoms. The predicted octanol–water partition coefficient (Wildman–Crippen LogP) is 0.393. The molecule has 1 N–H and O–H groups in total. The summed E-state index contributed by atoms with van der Waals surface area (Å²) in [5, 5.41) is 2.62. The molecule has 2 unspecified atom stereocenters. The van der Waals surface area contributed by atoms with E-state index in [4.69, 9.17) is 21.1 Å². The Balaban J connectivity index is 2.13. The molecule has 1 fully saturated rings. The van der Waals surface area contributed by atoms with Crippen LogP contribution in [0.1, 0.15) is 6.42 Å². The molecule has 0 aliphatic carbocycles. The summed E-state index contributed by atoms with van der Waals surface area (Å²) >= 11 is 5.86. The number of rotatable bonds is 5. The Kier molecular flexibility index (Phi) is 5.22. The Labute approximate surface area is 88.9 Å². The highest BCUT2D eigenvalue weighted by Gasteiger charge is 2.23. The number of halogens is 1. The van der Waals surface area contributed by atoms with E-state index in [0.717, 1.165) is 6.42 Å². The van der Waals surface area contributed by atoms with E-state index in [2.05, 4.69) is 5.32 Å². The lowest BCUT2D eigenvalue weighted by Gasteiger charge is -2.12. The van der Waals surface area contributed by atoms with Gasteiger partial charge in [-0.05, 0) is 6.42 Å². The van der Waals surface area contributed by atoms with Gasteiger partial charge in [0.15, 0.2) is 0 Å². The Hall–Kier alpha value is -0.320. The quantitative estimate of drug-likeness (QED) is 0.684. The van der Waals surface area contributed by atoms with Gasteiger partial charge in [0.05, 0.1) is 24.5 Å². The predicted molar refractivity (Wildman–Crippen MR) is 53.5 cm³/mol. The standard InChI is InChI=1S/C9H16ClNO3/c1-13-6-8(10)4-11-9(12)7-2-3-14-5-7/h7-8H,2-6H2,1H3,(H,11,12). The molecule has 0 radical (unpaired) electrons. The molecule has 0 aromatic heterocycles. The molecule has 0 aromatic carbocycles. The molecule has 0 saturated carbocycles. The topological polar surface area (TPSA) is 47.6 Å². The second kappa shape index (κ2) is 6.22. The molecule has 0 aromatic rings. The van der Waals surface area contributed by atoms with E-state index >= 15 is 0 Å². The summed E-state index contributed by atoms with van der Waals surface area (Å²) in [5.74, 6) is 0.0330. The first-order valence-electron chi connectivity index (χ1n) is 4.72. The van der Waals surface area contributed by atoms with Gasteiger partial charge in [0.25, 0.3) is 0 Å². The van der Waals surface area contributed by atoms with Crippen LogP contribution in [0.25, 0.3) is 0 Å². The van der Waals surface area contributed by atoms with E-state index in [1.54, 1.807) is 7.11 Å². The zero-order valence-electron chi connectivity index (χ0n) is 8.29. The number of hydrogen-bond acceptors (Lipinski definition) is 3. The van der Waals surface area contributed by atoms with Crippen molar-refractivity contribution in [2.45, 2.75) is 11.8 Å². The van der Waals surface area contributed by atoms with Crippen LogP contribution in [0.2, 0.25) is 0 Å². The number of hydrogen-bond donors (Lipinski definition) is 1. The second-order valence-electron chi connectivity index (χ2n) is 3.36. The summed E-state index contributed by atoms with van der Waals surface area (Å²) < 4.78 is 9.97. The first-order chi connectivity index (χ1) is 6.74. The lowest BCUT2D eigenvalue weighted by Crippen LogP contribution is -2.36. The summed E-state index contributed by atoms with van der Waals surface area (Å²) in [6, 6.07) is 0. The van der Waals surface area contributed by atoms with Crippen LogP contribution >= 0.6 is 11.6 Å². The molecule has 1 aliphatic heterocycles. The summed E-state index contributed by atoms with van der Waals surface area (Å²) in [7, 11) is 1.59. The minimum atomic E-state index is -0.161. The van der Waals surface area contributed by atoms with Gasteiger partial charge in [-0.1, -0.05) is 0 Å². The van der Waals surface area contributed by atoms with Gasteiger partial charge in [-0.25, -0.2) is 0 Å². The third-order valence-corrected chi connectivity index (χ3v) is 2.43. The first-order valence-corrected chi connectivity index (χ1v) is 5.16. The zero-order valence-corrected chi connectivity index (χ0v) is 9.05. The second-order valence-corrected chi connectivity index (χ2v) is 3.98. The number of nitrogens with one attached hydrogen (secondary N) is 1. The molecule has 1 rings (SSSR count). The smallest absolute Gasteiger partial charge is 0.225 e. The number of amides is 1. The molecular formula is C9H16ClNO3. The van der Waals surface area contributed by atoms with E-state index < -0.39 is 0 Å². The average Bonchev–Trinajstić information content (AvgIpc) is 2.67. The fraction of sp³-hybridized carbons (Fsp3) is 0.889. The van der Waals surface area contributed by atoms with Crippen LogP contribution in [0.4, 0.5) is 0 Å². The fourth-order valence-electron chi connectivity index (χ4n) is 1.34. The van der Waals surface area contributed by atoms with Gasteiger partial charge in [0.2, 0.25) is 5.91 Å². The third-order valence-electron chi connectivity index (χ3n) is 2.15. The number of ether oxygens (including phenoxy) is 2. The van der Waals surface area contributed by atoms with Crippen LogP contribution in [0.3, 0.4) is 0 Å².